The molecule has 2 aromatic rings. The Bertz CT molecular complexity index is 859. The molecule has 0 spiro atoms. The number of amides is 1. The second-order valence-corrected chi connectivity index (χ2v) is 6.56. The Kier molecular flexibility index (Phi) is 5.51. The zero-order valence-electron chi connectivity index (χ0n) is 14.7. The minimum atomic E-state index is -0.993. The van der Waals surface area contributed by atoms with Gasteiger partial charge in [-0.05, 0) is 25.3 Å². The molecule has 0 aliphatic carbocycles. The number of rotatable bonds is 5. The summed E-state index contributed by atoms with van der Waals surface area (Å²) in [6.07, 6.45) is 2.18. The van der Waals surface area contributed by atoms with Crippen molar-refractivity contribution in [1.29, 1.82) is 0 Å². The molecule has 0 saturated carbocycles. The summed E-state index contributed by atoms with van der Waals surface area (Å²) in [6.45, 7) is 4.49. The SMILES string of the molecule is CCc1c(F)cnc2ccc(=O)n(CCN3CCC(NC(=O)O)CC3)c12. The number of hydrogen-bond donors (Lipinski definition) is 2. The van der Waals surface area contributed by atoms with Gasteiger partial charge in [-0.15, -0.1) is 0 Å². The van der Waals surface area contributed by atoms with Crippen molar-refractivity contribution in [1.82, 2.24) is 19.8 Å². The highest BCUT2D eigenvalue weighted by atomic mass is 19.1. The fourth-order valence-electron chi connectivity index (χ4n) is 3.58. The number of likely N-dealkylation sites (tertiary alicyclic amines) is 1. The van der Waals surface area contributed by atoms with Crippen molar-refractivity contribution in [3.8, 4) is 0 Å². The number of pyridine rings is 2. The number of fused-ring (bicyclic) bond motifs is 1. The number of piperidine rings is 1. The Labute approximate surface area is 150 Å². The molecule has 0 aromatic carbocycles. The summed E-state index contributed by atoms with van der Waals surface area (Å²) in [6, 6.07) is 3.08. The standard InChI is InChI=1S/C18H23FN4O3/c1-2-13-14(19)11-20-15-3-4-16(24)23(17(13)15)10-9-22-7-5-12(6-8-22)21-18(25)26/h3-4,11-12,21H,2,5-10H2,1H3,(H,25,26). The maximum absolute atomic E-state index is 14.1. The van der Waals surface area contributed by atoms with Crippen LogP contribution in [0.25, 0.3) is 11.0 Å². The minimum Gasteiger partial charge on any atom is -0.465 e. The molecule has 0 unspecified atom stereocenters. The topological polar surface area (TPSA) is 87.5 Å². The van der Waals surface area contributed by atoms with Gasteiger partial charge in [0.1, 0.15) is 5.82 Å². The molecule has 2 aromatic heterocycles. The van der Waals surface area contributed by atoms with Gasteiger partial charge >= 0.3 is 6.09 Å². The molecule has 1 saturated heterocycles. The largest absolute Gasteiger partial charge is 0.465 e. The van der Waals surface area contributed by atoms with Crippen LogP contribution in [0.2, 0.25) is 0 Å². The summed E-state index contributed by atoms with van der Waals surface area (Å²) in [5.41, 5.74) is 1.54. The summed E-state index contributed by atoms with van der Waals surface area (Å²) in [5.74, 6) is -0.389. The van der Waals surface area contributed by atoms with Crippen LogP contribution in [0.5, 0.6) is 0 Å². The molecule has 1 aliphatic heterocycles. The predicted octanol–water partition coefficient (Wildman–Crippen LogP) is 1.83. The summed E-state index contributed by atoms with van der Waals surface area (Å²) < 4.78 is 15.7. The molecule has 0 radical (unpaired) electrons. The Morgan fingerprint density at radius 3 is 2.73 bits per heavy atom. The first-order valence-electron chi connectivity index (χ1n) is 8.88. The Morgan fingerprint density at radius 2 is 2.08 bits per heavy atom. The van der Waals surface area contributed by atoms with E-state index in [1.54, 1.807) is 10.6 Å². The van der Waals surface area contributed by atoms with Gasteiger partial charge < -0.3 is 19.9 Å². The lowest BCUT2D eigenvalue weighted by Gasteiger charge is -2.32. The van der Waals surface area contributed by atoms with Crippen molar-refractivity contribution >= 4 is 17.1 Å². The van der Waals surface area contributed by atoms with E-state index in [1.807, 2.05) is 6.92 Å². The first kappa shape index (κ1) is 18.3. The second kappa shape index (κ2) is 7.82. The smallest absolute Gasteiger partial charge is 0.404 e. The number of halogens is 1. The van der Waals surface area contributed by atoms with Gasteiger partial charge in [0.2, 0.25) is 0 Å². The van der Waals surface area contributed by atoms with Crippen LogP contribution in [0.1, 0.15) is 25.3 Å². The van der Waals surface area contributed by atoms with E-state index in [1.165, 1.54) is 12.3 Å². The van der Waals surface area contributed by atoms with Gasteiger partial charge in [-0.25, -0.2) is 9.18 Å². The fraction of sp³-hybridized carbons (Fsp3) is 0.500. The first-order valence-corrected chi connectivity index (χ1v) is 8.88. The molecule has 0 atom stereocenters. The molecular weight excluding hydrogens is 339 g/mol. The quantitative estimate of drug-likeness (QED) is 0.847. The number of nitrogens with zero attached hydrogens (tertiary/aromatic N) is 3. The average Bonchev–Trinajstić information content (AvgIpc) is 2.62. The molecule has 8 heteroatoms. The highest BCUT2D eigenvalue weighted by molar-refractivity contribution is 5.78. The van der Waals surface area contributed by atoms with E-state index in [-0.39, 0.29) is 17.4 Å². The van der Waals surface area contributed by atoms with Crippen LogP contribution < -0.4 is 10.9 Å². The lowest BCUT2D eigenvalue weighted by Crippen LogP contribution is -2.45. The van der Waals surface area contributed by atoms with Gasteiger partial charge in [-0.1, -0.05) is 6.92 Å². The first-order chi connectivity index (χ1) is 12.5. The van der Waals surface area contributed by atoms with Crippen LogP contribution in [-0.2, 0) is 13.0 Å². The van der Waals surface area contributed by atoms with E-state index < -0.39 is 6.09 Å². The number of aryl methyl sites for hydroxylation is 1. The van der Waals surface area contributed by atoms with E-state index >= 15 is 0 Å². The third kappa shape index (κ3) is 3.85. The Balaban J connectivity index is 1.75. The van der Waals surface area contributed by atoms with Crippen molar-refractivity contribution in [3.05, 3.63) is 40.1 Å². The monoisotopic (exact) mass is 362 g/mol. The van der Waals surface area contributed by atoms with Crippen LogP contribution in [0.15, 0.2) is 23.1 Å². The third-order valence-corrected chi connectivity index (χ3v) is 4.96. The van der Waals surface area contributed by atoms with Gasteiger partial charge in [0.25, 0.3) is 5.56 Å². The highest BCUT2D eigenvalue weighted by Gasteiger charge is 2.21. The summed E-state index contributed by atoms with van der Waals surface area (Å²) in [4.78, 5) is 29.4. The maximum Gasteiger partial charge on any atom is 0.404 e. The van der Waals surface area contributed by atoms with E-state index in [4.69, 9.17) is 5.11 Å². The molecule has 140 valence electrons. The van der Waals surface area contributed by atoms with E-state index in [0.29, 0.717) is 36.1 Å². The number of carboxylic acid groups (broad SMARTS) is 1. The lowest BCUT2D eigenvalue weighted by molar-refractivity contribution is 0.166. The summed E-state index contributed by atoms with van der Waals surface area (Å²) in [5, 5.41) is 11.3. The van der Waals surface area contributed by atoms with Crippen molar-refractivity contribution in [2.75, 3.05) is 19.6 Å². The van der Waals surface area contributed by atoms with Gasteiger partial charge in [0.15, 0.2) is 0 Å². The molecule has 1 aliphatic rings. The molecule has 2 N–H and O–H groups in total. The minimum absolute atomic E-state index is 0.0194. The van der Waals surface area contributed by atoms with Crippen molar-refractivity contribution in [3.63, 3.8) is 0 Å². The normalized spacial score (nSPS) is 16.1. The Morgan fingerprint density at radius 1 is 1.35 bits per heavy atom. The van der Waals surface area contributed by atoms with Crippen LogP contribution in [0.3, 0.4) is 0 Å². The summed E-state index contributed by atoms with van der Waals surface area (Å²) >= 11 is 0. The van der Waals surface area contributed by atoms with Gasteiger partial charge in [-0.3, -0.25) is 9.78 Å². The number of hydrogen-bond acceptors (Lipinski definition) is 4. The molecule has 1 amide bonds. The van der Waals surface area contributed by atoms with Crippen molar-refractivity contribution in [2.24, 2.45) is 0 Å². The number of carbonyl (C=O) groups is 1. The van der Waals surface area contributed by atoms with Crippen LogP contribution >= 0.6 is 0 Å². The zero-order chi connectivity index (χ0) is 18.7. The average molecular weight is 362 g/mol. The van der Waals surface area contributed by atoms with Crippen LogP contribution in [-0.4, -0.2) is 51.3 Å². The number of aromatic nitrogens is 2. The van der Waals surface area contributed by atoms with Gasteiger partial charge in [0, 0.05) is 43.9 Å². The van der Waals surface area contributed by atoms with Gasteiger partial charge in [-0.2, -0.15) is 0 Å². The molecule has 0 bridgehead atoms. The van der Waals surface area contributed by atoms with Crippen LogP contribution in [0, 0.1) is 5.82 Å². The van der Waals surface area contributed by atoms with Gasteiger partial charge in [0.05, 0.1) is 17.2 Å². The van der Waals surface area contributed by atoms with Crippen LogP contribution in [0.4, 0.5) is 9.18 Å². The zero-order valence-corrected chi connectivity index (χ0v) is 14.7. The Hall–Kier alpha value is -2.48. The molecule has 7 nitrogen and oxygen atoms in total. The second-order valence-electron chi connectivity index (χ2n) is 6.56. The third-order valence-electron chi connectivity index (χ3n) is 4.96. The molecule has 1 fully saturated rings. The van der Waals surface area contributed by atoms with E-state index in [2.05, 4.69) is 15.2 Å². The number of nitrogens with one attached hydrogen (secondary N) is 1. The van der Waals surface area contributed by atoms with E-state index in [0.717, 1.165) is 25.9 Å². The molecular formula is C18H23FN4O3. The maximum atomic E-state index is 14.1. The molecule has 26 heavy (non-hydrogen) atoms. The van der Waals surface area contributed by atoms with Crippen molar-refractivity contribution < 1.29 is 14.3 Å². The fourth-order valence-corrected chi connectivity index (χ4v) is 3.58. The van der Waals surface area contributed by atoms with Crippen molar-refractivity contribution in [2.45, 2.75) is 38.8 Å². The summed E-state index contributed by atoms with van der Waals surface area (Å²) in [7, 11) is 0. The highest BCUT2D eigenvalue weighted by Crippen LogP contribution is 2.19. The molecule has 3 rings (SSSR count). The molecule has 3 heterocycles. The van der Waals surface area contributed by atoms with E-state index in [9.17, 15) is 14.0 Å². The lowest BCUT2D eigenvalue weighted by atomic mass is 10.1. The predicted molar refractivity (Wildman–Crippen MR) is 96.0 cm³/mol.